The summed E-state index contributed by atoms with van der Waals surface area (Å²) in [4.78, 5) is 16.5. The molecule has 8 heteroatoms. The molecule has 1 N–H and O–H groups in total. The molecule has 1 aromatic heterocycles. The van der Waals surface area contributed by atoms with Gasteiger partial charge in [-0.15, -0.1) is 0 Å². The number of H-pyrrole nitrogens is 1. The Morgan fingerprint density at radius 1 is 1.10 bits per heavy atom. The molecule has 0 atom stereocenters. The van der Waals surface area contributed by atoms with Crippen LogP contribution in [0.4, 0.5) is 10.2 Å². The molecule has 0 bridgehead atoms. The monoisotopic (exact) mass is 414 g/mol. The number of aromatic amines is 1. The smallest absolute Gasteiger partial charge is 0.255 e. The summed E-state index contributed by atoms with van der Waals surface area (Å²) in [7, 11) is 1.63. The Morgan fingerprint density at radius 2 is 1.83 bits per heavy atom. The molecule has 3 aromatic rings. The second-order valence-electron chi connectivity index (χ2n) is 6.77. The number of nitrogens with zero attached hydrogens (tertiary/aromatic N) is 3. The van der Waals surface area contributed by atoms with Gasteiger partial charge >= 0.3 is 0 Å². The lowest BCUT2D eigenvalue weighted by molar-refractivity contribution is 0.0746. The van der Waals surface area contributed by atoms with Crippen molar-refractivity contribution in [1.29, 1.82) is 0 Å². The van der Waals surface area contributed by atoms with Crippen LogP contribution in [0.5, 0.6) is 5.75 Å². The number of rotatable bonds is 4. The SMILES string of the molecule is COc1ccc(-c2cc(N3CCN(C(=O)c4cc(F)ccc4Cl)CC3)n[nH]2)cc1. The zero-order valence-corrected chi connectivity index (χ0v) is 16.6. The Bertz CT molecular complexity index is 1010. The summed E-state index contributed by atoms with van der Waals surface area (Å²) in [6.07, 6.45) is 0. The van der Waals surface area contributed by atoms with E-state index in [-0.39, 0.29) is 16.5 Å². The number of aromatic nitrogens is 2. The maximum absolute atomic E-state index is 13.5. The van der Waals surface area contributed by atoms with Crippen molar-refractivity contribution >= 4 is 23.3 Å². The molecule has 4 rings (SSSR count). The number of anilines is 1. The first-order valence-electron chi connectivity index (χ1n) is 9.24. The van der Waals surface area contributed by atoms with Gasteiger partial charge < -0.3 is 14.5 Å². The van der Waals surface area contributed by atoms with Crippen LogP contribution in [0.3, 0.4) is 0 Å². The maximum atomic E-state index is 13.5. The summed E-state index contributed by atoms with van der Waals surface area (Å²) in [5, 5.41) is 7.73. The molecule has 0 saturated carbocycles. The van der Waals surface area contributed by atoms with Gasteiger partial charge in [-0.1, -0.05) is 11.6 Å². The first kappa shape index (κ1) is 19.3. The van der Waals surface area contributed by atoms with E-state index in [9.17, 15) is 9.18 Å². The molecular formula is C21H20ClFN4O2. The Morgan fingerprint density at radius 3 is 2.52 bits per heavy atom. The molecule has 0 aliphatic carbocycles. The average Bonchev–Trinajstić information content (AvgIpc) is 3.25. The first-order chi connectivity index (χ1) is 14.0. The van der Waals surface area contributed by atoms with E-state index in [1.54, 1.807) is 12.0 Å². The van der Waals surface area contributed by atoms with Crippen LogP contribution in [0.1, 0.15) is 10.4 Å². The highest BCUT2D eigenvalue weighted by Crippen LogP contribution is 2.25. The Labute approximate surface area is 172 Å². The zero-order chi connectivity index (χ0) is 20.4. The van der Waals surface area contributed by atoms with Crippen molar-refractivity contribution in [3.05, 3.63) is 64.9 Å². The lowest BCUT2D eigenvalue weighted by Crippen LogP contribution is -2.49. The number of carbonyl (C=O) groups is 1. The molecule has 0 spiro atoms. The number of halogens is 2. The Kier molecular flexibility index (Phi) is 5.40. The van der Waals surface area contributed by atoms with Gasteiger partial charge in [0.25, 0.3) is 5.91 Å². The predicted molar refractivity (Wildman–Crippen MR) is 110 cm³/mol. The van der Waals surface area contributed by atoms with Crippen molar-refractivity contribution in [2.45, 2.75) is 0 Å². The largest absolute Gasteiger partial charge is 0.497 e. The highest BCUT2D eigenvalue weighted by Gasteiger charge is 2.25. The molecule has 2 aromatic carbocycles. The fourth-order valence-electron chi connectivity index (χ4n) is 3.36. The lowest BCUT2D eigenvalue weighted by atomic mass is 10.1. The van der Waals surface area contributed by atoms with E-state index in [2.05, 4.69) is 15.1 Å². The highest BCUT2D eigenvalue weighted by molar-refractivity contribution is 6.33. The Hall–Kier alpha value is -3.06. The van der Waals surface area contributed by atoms with Crippen LogP contribution >= 0.6 is 11.6 Å². The van der Waals surface area contributed by atoms with E-state index in [1.807, 2.05) is 30.3 Å². The van der Waals surface area contributed by atoms with Crippen LogP contribution in [0, 0.1) is 5.82 Å². The van der Waals surface area contributed by atoms with Crippen molar-refractivity contribution < 1.29 is 13.9 Å². The fourth-order valence-corrected chi connectivity index (χ4v) is 3.56. The molecule has 1 aliphatic rings. The number of hydrogen-bond donors (Lipinski definition) is 1. The van der Waals surface area contributed by atoms with Gasteiger partial charge in [0.05, 0.1) is 23.4 Å². The van der Waals surface area contributed by atoms with Crippen LogP contribution in [0.25, 0.3) is 11.3 Å². The van der Waals surface area contributed by atoms with Crippen molar-refractivity contribution in [2.24, 2.45) is 0 Å². The van der Waals surface area contributed by atoms with Gasteiger partial charge in [0, 0.05) is 32.2 Å². The number of piperazine rings is 1. The second-order valence-corrected chi connectivity index (χ2v) is 7.18. The maximum Gasteiger partial charge on any atom is 0.255 e. The second kappa shape index (κ2) is 8.13. The number of benzene rings is 2. The molecule has 2 heterocycles. The standard InChI is InChI=1S/C21H20ClFN4O2/c1-29-16-5-2-14(3-6-16)19-13-20(25-24-19)26-8-10-27(11-9-26)21(28)17-12-15(23)4-7-18(17)22/h2-7,12-13H,8-11H2,1H3,(H,24,25). The lowest BCUT2D eigenvalue weighted by Gasteiger charge is -2.35. The van der Waals surface area contributed by atoms with E-state index >= 15 is 0 Å². The fraction of sp³-hybridized carbons (Fsp3) is 0.238. The molecule has 29 heavy (non-hydrogen) atoms. The van der Waals surface area contributed by atoms with Crippen molar-refractivity contribution in [3.8, 4) is 17.0 Å². The molecular weight excluding hydrogens is 395 g/mol. The van der Waals surface area contributed by atoms with Crippen molar-refractivity contribution in [1.82, 2.24) is 15.1 Å². The van der Waals surface area contributed by atoms with E-state index in [0.717, 1.165) is 22.8 Å². The molecule has 150 valence electrons. The Balaban J connectivity index is 1.41. The van der Waals surface area contributed by atoms with Crippen LogP contribution in [-0.2, 0) is 0 Å². The minimum atomic E-state index is -0.473. The first-order valence-corrected chi connectivity index (χ1v) is 9.62. The summed E-state index contributed by atoms with van der Waals surface area (Å²) in [6.45, 7) is 2.28. The molecule has 0 unspecified atom stereocenters. The van der Waals surface area contributed by atoms with Crippen molar-refractivity contribution in [3.63, 3.8) is 0 Å². The predicted octanol–water partition coefficient (Wildman–Crippen LogP) is 3.84. The minimum Gasteiger partial charge on any atom is -0.497 e. The van der Waals surface area contributed by atoms with Gasteiger partial charge in [-0.2, -0.15) is 5.10 Å². The van der Waals surface area contributed by atoms with Crippen LogP contribution in [-0.4, -0.2) is 54.3 Å². The van der Waals surface area contributed by atoms with Gasteiger partial charge in [0.2, 0.25) is 0 Å². The van der Waals surface area contributed by atoms with E-state index in [4.69, 9.17) is 16.3 Å². The third-order valence-electron chi connectivity index (χ3n) is 5.02. The summed E-state index contributed by atoms with van der Waals surface area (Å²) < 4.78 is 18.7. The molecule has 0 radical (unpaired) electrons. The minimum absolute atomic E-state index is 0.196. The quantitative estimate of drug-likeness (QED) is 0.704. The molecule has 1 amide bonds. The number of nitrogens with one attached hydrogen (secondary N) is 1. The topological polar surface area (TPSA) is 61.5 Å². The summed E-state index contributed by atoms with van der Waals surface area (Å²) >= 11 is 6.07. The molecule has 6 nitrogen and oxygen atoms in total. The van der Waals surface area contributed by atoms with Gasteiger partial charge in [0.15, 0.2) is 5.82 Å². The number of amides is 1. The normalized spacial score (nSPS) is 14.2. The van der Waals surface area contributed by atoms with Crippen LogP contribution < -0.4 is 9.64 Å². The van der Waals surface area contributed by atoms with E-state index < -0.39 is 5.82 Å². The van der Waals surface area contributed by atoms with Crippen LogP contribution in [0.2, 0.25) is 5.02 Å². The van der Waals surface area contributed by atoms with Crippen LogP contribution in [0.15, 0.2) is 48.5 Å². The van der Waals surface area contributed by atoms with Gasteiger partial charge in [-0.3, -0.25) is 9.89 Å². The summed E-state index contributed by atoms with van der Waals surface area (Å²) in [6, 6.07) is 13.6. The summed E-state index contributed by atoms with van der Waals surface area (Å²) in [5.41, 5.74) is 2.12. The highest BCUT2D eigenvalue weighted by atomic mass is 35.5. The third-order valence-corrected chi connectivity index (χ3v) is 5.34. The molecule has 1 aliphatic heterocycles. The average molecular weight is 415 g/mol. The van der Waals surface area contributed by atoms with E-state index in [0.29, 0.717) is 26.2 Å². The van der Waals surface area contributed by atoms with Gasteiger partial charge in [-0.25, -0.2) is 4.39 Å². The molecule has 1 fully saturated rings. The zero-order valence-electron chi connectivity index (χ0n) is 15.9. The van der Waals surface area contributed by atoms with Gasteiger partial charge in [-0.05, 0) is 48.0 Å². The number of carbonyl (C=O) groups excluding carboxylic acids is 1. The van der Waals surface area contributed by atoms with Crippen molar-refractivity contribution in [2.75, 3.05) is 38.2 Å². The third kappa shape index (κ3) is 4.05. The number of hydrogen-bond acceptors (Lipinski definition) is 4. The van der Waals surface area contributed by atoms with E-state index in [1.165, 1.54) is 18.2 Å². The number of ether oxygens (including phenoxy) is 1. The summed E-state index contributed by atoms with van der Waals surface area (Å²) in [5.74, 6) is 0.897. The van der Waals surface area contributed by atoms with Gasteiger partial charge in [0.1, 0.15) is 11.6 Å². The molecule has 1 saturated heterocycles. The number of methoxy groups -OCH3 is 1.